The number of aryl methyl sites for hydroxylation is 1. The standard InChI is InChI=1S/C22H27N3O5S/c1-12-15(13(2)23-17(12)22(29)30-5)19(26)16-18(14-8-6-11-31-14)25(21(28)20(16)27)10-7-9-24(3)4/h6,8,11,18,23,26H,7,9-10H2,1-5H3/b19-16+/t18-/m0/s1. The van der Waals surface area contributed by atoms with E-state index in [2.05, 4.69) is 4.98 Å². The van der Waals surface area contributed by atoms with Crippen LogP contribution in [0.2, 0.25) is 0 Å². The Balaban J connectivity index is 2.12. The fraction of sp³-hybridized carbons (Fsp3) is 0.409. The number of esters is 1. The predicted octanol–water partition coefficient (Wildman–Crippen LogP) is 2.85. The summed E-state index contributed by atoms with van der Waals surface area (Å²) < 4.78 is 4.79. The van der Waals surface area contributed by atoms with Gasteiger partial charge in [-0.2, -0.15) is 0 Å². The van der Waals surface area contributed by atoms with Crippen molar-refractivity contribution in [3.63, 3.8) is 0 Å². The molecule has 31 heavy (non-hydrogen) atoms. The molecule has 1 amide bonds. The van der Waals surface area contributed by atoms with Gasteiger partial charge in [0.25, 0.3) is 11.7 Å². The second-order valence-electron chi connectivity index (χ2n) is 7.78. The van der Waals surface area contributed by atoms with Crippen molar-refractivity contribution < 1.29 is 24.2 Å². The average Bonchev–Trinajstić information content (AvgIpc) is 3.40. The maximum absolute atomic E-state index is 13.0. The molecule has 166 valence electrons. The number of aliphatic hydroxyl groups excluding tert-OH is 1. The molecular weight excluding hydrogens is 418 g/mol. The summed E-state index contributed by atoms with van der Waals surface area (Å²) in [6.45, 7) is 4.51. The first-order valence-corrected chi connectivity index (χ1v) is 10.8. The van der Waals surface area contributed by atoms with Crippen molar-refractivity contribution in [1.29, 1.82) is 0 Å². The number of ketones is 1. The van der Waals surface area contributed by atoms with Gasteiger partial charge in [0.2, 0.25) is 0 Å². The van der Waals surface area contributed by atoms with Gasteiger partial charge < -0.3 is 24.6 Å². The molecule has 0 aromatic carbocycles. The van der Waals surface area contributed by atoms with Crippen molar-refractivity contribution in [3.05, 3.63) is 50.5 Å². The first kappa shape index (κ1) is 22.8. The third kappa shape index (κ3) is 4.15. The number of hydrogen-bond acceptors (Lipinski definition) is 7. The number of aromatic nitrogens is 1. The van der Waals surface area contributed by atoms with E-state index < -0.39 is 23.7 Å². The maximum atomic E-state index is 13.0. The molecule has 1 saturated heterocycles. The fourth-order valence-corrected chi connectivity index (χ4v) is 4.80. The molecule has 1 fully saturated rings. The van der Waals surface area contributed by atoms with E-state index in [4.69, 9.17) is 4.74 Å². The molecule has 0 spiro atoms. The number of amides is 1. The van der Waals surface area contributed by atoms with Gasteiger partial charge in [-0.3, -0.25) is 9.59 Å². The lowest BCUT2D eigenvalue weighted by atomic mass is 9.97. The predicted molar refractivity (Wildman–Crippen MR) is 118 cm³/mol. The fourth-order valence-electron chi connectivity index (χ4n) is 3.96. The van der Waals surface area contributed by atoms with Crippen LogP contribution in [0.5, 0.6) is 0 Å². The molecular formula is C22H27N3O5S. The number of carbonyl (C=O) groups excluding carboxylic acids is 3. The van der Waals surface area contributed by atoms with E-state index in [9.17, 15) is 19.5 Å². The highest BCUT2D eigenvalue weighted by Gasteiger charge is 2.46. The summed E-state index contributed by atoms with van der Waals surface area (Å²) >= 11 is 1.42. The molecule has 0 saturated carbocycles. The molecule has 2 aromatic rings. The summed E-state index contributed by atoms with van der Waals surface area (Å²) in [7, 11) is 5.16. The van der Waals surface area contributed by atoms with Crippen LogP contribution < -0.4 is 0 Å². The minimum Gasteiger partial charge on any atom is -0.507 e. The lowest BCUT2D eigenvalue weighted by molar-refractivity contribution is -0.139. The molecule has 8 nitrogen and oxygen atoms in total. The van der Waals surface area contributed by atoms with Gasteiger partial charge in [-0.1, -0.05) is 6.07 Å². The van der Waals surface area contributed by atoms with Crippen LogP contribution in [0.25, 0.3) is 5.76 Å². The summed E-state index contributed by atoms with van der Waals surface area (Å²) in [6.07, 6.45) is 0.691. The van der Waals surface area contributed by atoms with Crippen molar-refractivity contribution in [3.8, 4) is 0 Å². The number of methoxy groups -OCH3 is 1. The second kappa shape index (κ2) is 9.07. The Labute approximate surface area is 185 Å². The highest BCUT2D eigenvalue weighted by molar-refractivity contribution is 7.10. The topological polar surface area (TPSA) is 103 Å². The summed E-state index contributed by atoms with van der Waals surface area (Å²) in [5.41, 5.74) is 1.56. The largest absolute Gasteiger partial charge is 0.507 e. The van der Waals surface area contributed by atoms with E-state index in [1.54, 1.807) is 13.8 Å². The Bertz CT molecular complexity index is 1040. The number of Topliss-reactive ketones (excluding diaryl/α,β-unsaturated/α-hetero) is 1. The summed E-state index contributed by atoms with van der Waals surface area (Å²) in [4.78, 5) is 45.2. The summed E-state index contributed by atoms with van der Waals surface area (Å²) in [6, 6.07) is 3.03. The molecule has 0 bridgehead atoms. The van der Waals surface area contributed by atoms with Crippen molar-refractivity contribution in [1.82, 2.24) is 14.8 Å². The monoisotopic (exact) mass is 445 g/mol. The molecule has 1 aliphatic rings. The van der Waals surface area contributed by atoms with E-state index >= 15 is 0 Å². The zero-order valence-corrected chi connectivity index (χ0v) is 19.1. The van der Waals surface area contributed by atoms with Crippen LogP contribution in [0, 0.1) is 13.8 Å². The number of carbonyl (C=O) groups is 3. The molecule has 0 radical (unpaired) electrons. The maximum Gasteiger partial charge on any atom is 0.354 e. The highest BCUT2D eigenvalue weighted by Crippen LogP contribution is 2.42. The van der Waals surface area contributed by atoms with E-state index in [0.717, 1.165) is 11.4 Å². The van der Waals surface area contributed by atoms with Crippen LogP contribution in [-0.4, -0.2) is 71.8 Å². The van der Waals surface area contributed by atoms with Crippen LogP contribution in [0.15, 0.2) is 23.1 Å². The minimum absolute atomic E-state index is 0.0407. The molecule has 1 aliphatic heterocycles. The van der Waals surface area contributed by atoms with E-state index in [1.165, 1.54) is 23.3 Å². The molecule has 1 atom stereocenters. The quantitative estimate of drug-likeness (QED) is 0.294. The Kier molecular flexibility index (Phi) is 6.66. The van der Waals surface area contributed by atoms with Gasteiger partial charge in [-0.05, 0) is 57.9 Å². The molecule has 0 aliphatic carbocycles. The van der Waals surface area contributed by atoms with E-state index in [1.807, 2.05) is 36.5 Å². The number of aromatic amines is 1. The molecule has 3 rings (SSSR count). The Morgan fingerprint density at radius 1 is 1.32 bits per heavy atom. The minimum atomic E-state index is -0.722. The van der Waals surface area contributed by atoms with Crippen LogP contribution >= 0.6 is 11.3 Å². The number of hydrogen-bond donors (Lipinski definition) is 2. The number of rotatable bonds is 7. The van der Waals surface area contributed by atoms with Gasteiger partial charge in [-0.15, -0.1) is 11.3 Å². The smallest absolute Gasteiger partial charge is 0.354 e. The van der Waals surface area contributed by atoms with Crippen molar-refractivity contribution >= 4 is 34.8 Å². The third-order valence-electron chi connectivity index (χ3n) is 5.42. The zero-order valence-electron chi connectivity index (χ0n) is 18.3. The lowest BCUT2D eigenvalue weighted by Gasteiger charge is -2.24. The van der Waals surface area contributed by atoms with Crippen LogP contribution in [-0.2, 0) is 14.3 Å². The summed E-state index contributed by atoms with van der Waals surface area (Å²) in [5.74, 6) is -2.20. The van der Waals surface area contributed by atoms with E-state index in [0.29, 0.717) is 29.8 Å². The highest BCUT2D eigenvalue weighted by atomic mass is 32.1. The van der Waals surface area contributed by atoms with Gasteiger partial charge in [0.1, 0.15) is 11.5 Å². The van der Waals surface area contributed by atoms with Gasteiger partial charge in [-0.25, -0.2) is 4.79 Å². The second-order valence-corrected chi connectivity index (χ2v) is 8.76. The first-order chi connectivity index (χ1) is 14.7. The van der Waals surface area contributed by atoms with E-state index in [-0.39, 0.29) is 17.0 Å². The van der Waals surface area contributed by atoms with Crippen molar-refractivity contribution in [2.45, 2.75) is 26.3 Å². The molecule has 9 heteroatoms. The van der Waals surface area contributed by atoms with Gasteiger partial charge in [0, 0.05) is 22.7 Å². The SMILES string of the molecule is COC(=O)c1[nH]c(C)c(/C(O)=C2\C(=O)C(=O)N(CCCN(C)C)[C@H]2c2cccs2)c1C. The van der Waals surface area contributed by atoms with Gasteiger partial charge in [0.15, 0.2) is 0 Å². The average molecular weight is 446 g/mol. The summed E-state index contributed by atoms with van der Waals surface area (Å²) in [5, 5.41) is 13.1. The Hall–Kier alpha value is -2.91. The van der Waals surface area contributed by atoms with Crippen LogP contribution in [0.4, 0.5) is 0 Å². The van der Waals surface area contributed by atoms with Gasteiger partial charge in [0.05, 0.1) is 18.7 Å². The number of H-pyrrole nitrogens is 1. The zero-order chi connectivity index (χ0) is 22.9. The molecule has 0 unspecified atom stereocenters. The number of nitrogens with zero attached hydrogens (tertiary/aromatic N) is 2. The number of thiophene rings is 1. The first-order valence-electron chi connectivity index (χ1n) is 9.93. The normalized spacial score (nSPS) is 18.3. The van der Waals surface area contributed by atoms with Crippen LogP contribution in [0.3, 0.4) is 0 Å². The Morgan fingerprint density at radius 2 is 2.03 bits per heavy atom. The van der Waals surface area contributed by atoms with Gasteiger partial charge >= 0.3 is 5.97 Å². The third-order valence-corrected chi connectivity index (χ3v) is 6.35. The lowest BCUT2D eigenvalue weighted by Crippen LogP contribution is -2.32. The van der Waals surface area contributed by atoms with Crippen molar-refractivity contribution in [2.24, 2.45) is 0 Å². The Morgan fingerprint density at radius 3 is 2.61 bits per heavy atom. The number of aliphatic hydroxyl groups is 1. The molecule has 2 N–H and O–H groups in total. The van der Waals surface area contributed by atoms with Crippen molar-refractivity contribution in [2.75, 3.05) is 34.3 Å². The van der Waals surface area contributed by atoms with Crippen LogP contribution in [0.1, 0.15) is 44.6 Å². The number of ether oxygens (including phenoxy) is 1. The molecule has 2 aromatic heterocycles. The number of nitrogens with one attached hydrogen (secondary N) is 1. The molecule has 3 heterocycles. The number of likely N-dealkylation sites (tertiary alicyclic amines) is 1.